The van der Waals surface area contributed by atoms with Crippen LogP contribution in [0.2, 0.25) is 0 Å². The van der Waals surface area contributed by atoms with E-state index in [1.54, 1.807) is 12.1 Å². The Morgan fingerprint density at radius 1 is 1.29 bits per heavy atom. The first kappa shape index (κ1) is 23.2. The van der Waals surface area contributed by atoms with Gasteiger partial charge in [-0.05, 0) is 61.3 Å². The third-order valence-electron chi connectivity index (χ3n) is 5.74. The number of aryl methyl sites for hydroxylation is 1. The molecule has 1 saturated carbocycles. The zero-order valence-electron chi connectivity index (χ0n) is 18.2. The van der Waals surface area contributed by atoms with Crippen molar-refractivity contribution < 1.29 is 23.9 Å². The number of hydrogen-bond donors (Lipinski definition) is 2. The molecule has 0 radical (unpaired) electrons. The van der Waals surface area contributed by atoms with E-state index in [0.29, 0.717) is 18.5 Å². The Morgan fingerprint density at radius 2 is 2.00 bits per heavy atom. The number of urea groups is 1. The number of nitrogens with zero attached hydrogens (tertiary/aromatic N) is 1. The van der Waals surface area contributed by atoms with Crippen molar-refractivity contribution in [2.75, 3.05) is 18.5 Å². The minimum atomic E-state index is -0.977. The lowest BCUT2D eigenvalue weighted by Gasteiger charge is -2.43. The summed E-state index contributed by atoms with van der Waals surface area (Å²) in [5.74, 6) is -1.45. The molecule has 2 unspecified atom stereocenters. The van der Waals surface area contributed by atoms with Crippen LogP contribution in [-0.4, -0.2) is 47.4 Å². The summed E-state index contributed by atoms with van der Waals surface area (Å²) in [6.07, 6.45) is 2.03. The molecule has 0 bridgehead atoms. The summed E-state index contributed by atoms with van der Waals surface area (Å²) in [5, 5.41) is 5.48. The molecule has 1 spiro atoms. The number of benzene rings is 1. The molecule has 0 aromatic heterocycles. The number of imide groups is 1. The van der Waals surface area contributed by atoms with E-state index in [9.17, 15) is 19.2 Å². The van der Waals surface area contributed by atoms with Crippen molar-refractivity contribution in [2.24, 2.45) is 11.3 Å². The van der Waals surface area contributed by atoms with E-state index in [0.717, 1.165) is 21.4 Å². The number of nitrogens with one attached hydrogen (secondary N) is 2. The standard InChI is InChI=1S/C22H28BrN3O5/c1-13-8-21(3,4)12-22(9-13)19(29)26(20(30)25-22)10-18(28)31-11-17(27)24-16-6-5-15(23)7-14(16)2/h5-7,13H,8-12H2,1-4H3,(H,24,27)(H,25,30). The van der Waals surface area contributed by atoms with Gasteiger partial charge < -0.3 is 15.4 Å². The zero-order chi connectivity index (χ0) is 23.0. The lowest BCUT2D eigenvalue weighted by molar-refractivity contribution is -0.150. The normalized spacial score (nSPS) is 24.8. The summed E-state index contributed by atoms with van der Waals surface area (Å²) in [4.78, 5) is 50.8. The average Bonchev–Trinajstić information content (AvgIpc) is 2.84. The third-order valence-corrected chi connectivity index (χ3v) is 6.23. The van der Waals surface area contributed by atoms with Gasteiger partial charge in [0.25, 0.3) is 11.8 Å². The fourth-order valence-corrected chi connectivity index (χ4v) is 5.40. The Morgan fingerprint density at radius 3 is 2.65 bits per heavy atom. The van der Waals surface area contributed by atoms with Crippen LogP contribution in [0.1, 0.15) is 45.6 Å². The summed E-state index contributed by atoms with van der Waals surface area (Å²) in [6, 6.07) is 4.78. The van der Waals surface area contributed by atoms with Gasteiger partial charge in [0.15, 0.2) is 6.61 Å². The van der Waals surface area contributed by atoms with Crippen molar-refractivity contribution in [1.82, 2.24) is 10.2 Å². The average molecular weight is 494 g/mol. The van der Waals surface area contributed by atoms with Crippen molar-refractivity contribution in [3.8, 4) is 0 Å². The molecule has 2 aliphatic rings. The van der Waals surface area contributed by atoms with Crippen molar-refractivity contribution in [3.63, 3.8) is 0 Å². The molecule has 3 rings (SSSR count). The monoisotopic (exact) mass is 493 g/mol. The molecule has 1 aliphatic heterocycles. The molecule has 168 valence electrons. The number of anilines is 1. The molecule has 1 aromatic carbocycles. The number of halogens is 1. The SMILES string of the molecule is Cc1cc(Br)ccc1NC(=O)COC(=O)CN1C(=O)NC2(CC(C)CC(C)(C)C2)C1=O. The summed E-state index contributed by atoms with van der Waals surface area (Å²) in [7, 11) is 0. The van der Waals surface area contributed by atoms with E-state index in [-0.39, 0.29) is 11.3 Å². The summed E-state index contributed by atoms with van der Waals surface area (Å²) < 4.78 is 5.89. The fourth-order valence-electron chi connectivity index (χ4n) is 4.92. The van der Waals surface area contributed by atoms with Crippen LogP contribution in [0, 0.1) is 18.3 Å². The molecule has 2 fully saturated rings. The van der Waals surface area contributed by atoms with E-state index in [4.69, 9.17) is 4.74 Å². The van der Waals surface area contributed by atoms with Crippen LogP contribution in [0.4, 0.5) is 10.5 Å². The maximum Gasteiger partial charge on any atom is 0.326 e. The smallest absolute Gasteiger partial charge is 0.326 e. The van der Waals surface area contributed by atoms with Gasteiger partial charge >= 0.3 is 12.0 Å². The molecular formula is C22H28BrN3O5. The molecule has 2 N–H and O–H groups in total. The van der Waals surface area contributed by atoms with E-state index in [1.807, 2.05) is 13.0 Å². The number of hydrogen-bond acceptors (Lipinski definition) is 5. The highest BCUT2D eigenvalue weighted by molar-refractivity contribution is 9.10. The van der Waals surface area contributed by atoms with Gasteiger partial charge in [0, 0.05) is 10.2 Å². The molecule has 31 heavy (non-hydrogen) atoms. The van der Waals surface area contributed by atoms with Crippen LogP contribution < -0.4 is 10.6 Å². The molecule has 1 aliphatic carbocycles. The van der Waals surface area contributed by atoms with E-state index in [2.05, 4.69) is 47.3 Å². The zero-order valence-corrected chi connectivity index (χ0v) is 19.8. The molecular weight excluding hydrogens is 466 g/mol. The summed E-state index contributed by atoms with van der Waals surface area (Å²) in [5.41, 5.74) is 0.382. The van der Waals surface area contributed by atoms with Crippen molar-refractivity contribution in [1.29, 1.82) is 0 Å². The summed E-state index contributed by atoms with van der Waals surface area (Å²) in [6.45, 7) is 7.02. The van der Waals surface area contributed by atoms with Gasteiger partial charge in [-0.15, -0.1) is 0 Å². The number of amides is 4. The second kappa shape index (κ2) is 8.61. The first-order valence-corrected chi connectivity index (χ1v) is 11.1. The Hall–Kier alpha value is -2.42. The fraction of sp³-hybridized carbons (Fsp3) is 0.545. The number of rotatable bonds is 5. The van der Waals surface area contributed by atoms with Gasteiger partial charge in [-0.2, -0.15) is 0 Å². The minimum Gasteiger partial charge on any atom is -0.454 e. The van der Waals surface area contributed by atoms with E-state index >= 15 is 0 Å². The first-order valence-electron chi connectivity index (χ1n) is 10.3. The highest BCUT2D eigenvalue weighted by atomic mass is 79.9. The van der Waals surface area contributed by atoms with Gasteiger partial charge in [0.1, 0.15) is 12.1 Å². The van der Waals surface area contributed by atoms with Gasteiger partial charge in [-0.3, -0.25) is 19.3 Å². The number of ether oxygens (including phenoxy) is 1. The topological polar surface area (TPSA) is 105 Å². The second-order valence-electron chi connectivity index (χ2n) is 9.43. The Labute approximate surface area is 190 Å². The van der Waals surface area contributed by atoms with Crippen LogP contribution in [0.5, 0.6) is 0 Å². The molecule has 1 saturated heterocycles. The van der Waals surface area contributed by atoms with Crippen molar-refractivity contribution in [3.05, 3.63) is 28.2 Å². The number of carbonyl (C=O) groups is 4. The molecule has 1 aromatic rings. The largest absolute Gasteiger partial charge is 0.454 e. The Bertz CT molecular complexity index is 932. The predicted octanol–water partition coefficient (Wildman–Crippen LogP) is 3.38. The number of carbonyl (C=O) groups excluding carboxylic acids is 4. The van der Waals surface area contributed by atoms with Crippen LogP contribution in [0.25, 0.3) is 0 Å². The third kappa shape index (κ3) is 5.26. The van der Waals surface area contributed by atoms with Crippen molar-refractivity contribution >= 4 is 45.4 Å². The quantitative estimate of drug-likeness (QED) is 0.483. The lowest BCUT2D eigenvalue weighted by atomic mass is 9.64. The van der Waals surface area contributed by atoms with Crippen LogP contribution in [-0.2, 0) is 19.1 Å². The summed E-state index contributed by atoms with van der Waals surface area (Å²) >= 11 is 3.35. The number of esters is 1. The Kier molecular flexibility index (Phi) is 6.45. The van der Waals surface area contributed by atoms with Crippen LogP contribution in [0.15, 0.2) is 22.7 Å². The van der Waals surface area contributed by atoms with E-state index < -0.39 is 42.5 Å². The van der Waals surface area contributed by atoms with Gasteiger partial charge in [0.2, 0.25) is 0 Å². The Balaban J connectivity index is 1.56. The minimum absolute atomic E-state index is 0.0969. The molecule has 9 heteroatoms. The lowest BCUT2D eigenvalue weighted by Crippen LogP contribution is -2.54. The van der Waals surface area contributed by atoms with Gasteiger partial charge in [0.05, 0.1) is 0 Å². The van der Waals surface area contributed by atoms with Crippen LogP contribution in [0.3, 0.4) is 0 Å². The molecule has 1 heterocycles. The molecule has 4 amide bonds. The molecule has 8 nitrogen and oxygen atoms in total. The second-order valence-corrected chi connectivity index (χ2v) is 10.3. The molecule has 2 atom stereocenters. The predicted molar refractivity (Wildman–Crippen MR) is 118 cm³/mol. The first-order chi connectivity index (χ1) is 14.4. The van der Waals surface area contributed by atoms with E-state index in [1.165, 1.54) is 0 Å². The van der Waals surface area contributed by atoms with Gasteiger partial charge in [-0.25, -0.2) is 4.79 Å². The van der Waals surface area contributed by atoms with Gasteiger partial charge in [-0.1, -0.05) is 36.7 Å². The highest BCUT2D eigenvalue weighted by Crippen LogP contribution is 2.46. The maximum absolute atomic E-state index is 13.1. The highest BCUT2D eigenvalue weighted by Gasteiger charge is 2.56. The van der Waals surface area contributed by atoms with Crippen molar-refractivity contribution in [2.45, 2.75) is 52.5 Å². The maximum atomic E-state index is 13.1. The van der Waals surface area contributed by atoms with Crippen LogP contribution >= 0.6 is 15.9 Å².